The van der Waals surface area contributed by atoms with Crippen LogP contribution in [0.25, 0.3) is 0 Å². The molecule has 1 aliphatic heterocycles. The number of ether oxygens (including phenoxy) is 2. The lowest BCUT2D eigenvalue weighted by molar-refractivity contribution is -0.422. The highest BCUT2D eigenvalue weighted by Gasteiger charge is 2.44. The van der Waals surface area contributed by atoms with E-state index in [0.717, 1.165) is 37.8 Å². The summed E-state index contributed by atoms with van der Waals surface area (Å²) in [7, 11) is 0. The highest BCUT2D eigenvalue weighted by Crippen LogP contribution is 2.49. The van der Waals surface area contributed by atoms with E-state index in [1.807, 2.05) is 0 Å². The van der Waals surface area contributed by atoms with E-state index < -0.39 is 27.0 Å². The first kappa shape index (κ1) is 13.6. The van der Waals surface area contributed by atoms with Gasteiger partial charge in [0.2, 0.25) is 0 Å². The van der Waals surface area contributed by atoms with Crippen LogP contribution in [-0.4, -0.2) is 15.6 Å². The molecule has 0 amide bonds. The number of fused-ring (bicyclic) bond motifs is 1. The molecule has 112 valence electrons. The van der Waals surface area contributed by atoms with Crippen molar-refractivity contribution in [2.24, 2.45) is 0 Å². The Morgan fingerprint density at radius 2 is 1.29 bits per heavy atom. The van der Waals surface area contributed by atoms with Gasteiger partial charge in [0, 0.05) is 12.8 Å². The summed E-state index contributed by atoms with van der Waals surface area (Å²) in [5.74, 6) is -0.384. The van der Waals surface area contributed by atoms with Gasteiger partial charge in [-0.2, -0.15) is 0 Å². The van der Waals surface area contributed by atoms with Crippen LogP contribution in [0.5, 0.6) is 11.5 Å². The number of nitrogens with zero attached hydrogens (tertiary/aromatic N) is 2. The average Bonchev–Trinajstić information content (AvgIpc) is 2.62. The standard InChI is InChI=1S/C13H14N2O6/c16-14(17)9-7-11-12(8-10(9)15(18)19)21-13(20-11)5-3-1-2-4-6-13/h7-8H,1-6H2. The predicted octanol–water partition coefficient (Wildman–Crippen LogP) is 3.32. The van der Waals surface area contributed by atoms with Gasteiger partial charge in [0.05, 0.1) is 22.0 Å². The third-order valence-electron chi connectivity index (χ3n) is 3.89. The van der Waals surface area contributed by atoms with Crippen LogP contribution < -0.4 is 9.47 Å². The minimum absolute atomic E-state index is 0.217. The number of hydrogen-bond acceptors (Lipinski definition) is 6. The van der Waals surface area contributed by atoms with Crippen molar-refractivity contribution in [2.75, 3.05) is 0 Å². The van der Waals surface area contributed by atoms with Crippen molar-refractivity contribution in [3.05, 3.63) is 32.4 Å². The Morgan fingerprint density at radius 1 is 0.857 bits per heavy atom. The van der Waals surface area contributed by atoms with Crippen molar-refractivity contribution < 1.29 is 19.3 Å². The van der Waals surface area contributed by atoms with Gasteiger partial charge in [-0.15, -0.1) is 0 Å². The van der Waals surface area contributed by atoms with Gasteiger partial charge in [-0.1, -0.05) is 12.8 Å². The van der Waals surface area contributed by atoms with Gasteiger partial charge in [0.1, 0.15) is 0 Å². The van der Waals surface area contributed by atoms with E-state index in [9.17, 15) is 20.2 Å². The largest absolute Gasteiger partial charge is 0.448 e. The van der Waals surface area contributed by atoms with Crippen molar-refractivity contribution in [3.63, 3.8) is 0 Å². The van der Waals surface area contributed by atoms with Crippen LogP contribution in [0, 0.1) is 20.2 Å². The summed E-state index contributed by atoms with van der Waals surface area (Å²) in [5.41, 5.74) is -1.15. The van der Waals surface area contributed by atoms with Gasteiger partial charge < -0.3 is 9.47 Å². The van der Waals surface area contributed by atoms with Crippen LogP contribution >= 0.6 is 0 Å². The monoisotopic (exact) mass is 294 g/mol. The molecule has 1 fully saturated rings. The first-order chi connectivity index (χ1) is 10.0. The summed E-state index contributed by atoms with van der Waals surface area (Å²) in [6.07, 6.45) is 5.43. The minimum Gasteiger partial charge on any atom is -0.448 e. The second-order valence-electron chi connectivity index (χ2n) is 5.33. The molecule has 1 aromatic rings. The van der Waals surface area contributed by atoms with E-state index in [4.69, 9.17) is 9.47 Å². The molecular weight excluding hydrogens is 280 g/mol. The van der Waals surface area contributed by atoms with Crippen LogP contribution in [0.15, 0.2) is 12.1 Å². The molecule has 0 radical (unpaired) electrons. The Balaban J connectivity index is 1.99. The molecule has 0 saturated heterocycles. The summed E-state index contributed by atoms with van der Waals surface area (Å²) >= 11 is 0. The third kappa shape index (κ3) is 2.37. The van der Waals surface area contributed by atoms with Crippen molar-refractivity contribution in [1.82, 2.24) is 0 Å². The molecule has 1 saturated carbocycles. The molecule has 1 heterocycles. The molecule has 21 heavy (non-hydrogen) atoms. The van der Waals surface area contributed by atoms with Gasteiger partial charge in [0.25, 0.3) is 5.79 Å². The fraction of sp³-hybridized carbons (Fsp3) is 0.538. The Labute approximate surface area is 120 Å². The fourth-order valence-electron chi connectivity index (χ4n) is 2.88. The smallest absolute Gasteiger partial charge is 0.350 e. The summed E-state index contributed by atoms with van der Waals surface area (Å²) < 4.78 is 11.6. The molecular formula is C13H14N2O6. The zero-order valence-corrected chi connectivity index (χ0v) is 11.2. The zero-order chi connectivity index (χ0) is 15.0. The maximum atomic E-state index is 11.0. The number of hydrogen-bond donors (Lipinski definition) is 0. The van der Waals surface area contributed by atoms with E-state index in [-0.39, 0.29) is 11.5 Å². The molecule has 8 nitrogen and oxygen atoms in total. The topological polar surface area (TPSA) is 105 Å². The number of benzene rings is 1. The first-order valence-electron chi connectivity index (χ1n) is 6.86. The van der Waals surface area contributed by atoms with Gasteiger partial charge in [0.15, 0.2) is 11.5 Å². The second kappa shape index (κ2) is 4.87. The molecule has 1 aromatic carbocycles. The first-order valence-corrected chi connectivity index (χ1v) is 6.86. The molecule has 1 spiro atoms. The highest BCUT2D eigenvalue weighted by molar-refractivity contribution is 5.63. The molecule has 0 N–H and O–H groups in total. The molecule has 0 atom stereocenters. The summed E-state index contributed by atoms with van der Waals surface area (Å²) in [4.78, 5) is 20.4. The van der Waals surface area contributed by atoms with Crippen LogP contribution in [-0.2, 0) is 0 Å². The van der Waals surface area contributed by atoms with Crippen LogP contribution in [0.4, 0.5) is 11.4 Å². The van der Waals surface area contributed by atoms with E-state index >= 15 is 0 Å². The van der Waals surface area contributed by atoms with Crippen molar-refractivity contribution in [2.45, 2.75) is 44.3 Å². The molecule has 0 unspecified atom stereocenters. The van der Waals surface area contributed by atoms with Crippen molar-refractivity contribution in [1.29, 1.82) is 0 Å². The van der Waals surface area contributed by atoms with Crippen LogP contribution in [0.1, 0.15) is 38.5 Å². The highest BCUT2D eigenvalue weighted by atomic mass is 16.7. The third-order valence-corrected chi connectivity index (χ3v) is 3.89. The zero-order valence-electron chi connectivity index (χ0n) is 11.2. The average molecular weight is 294 g/mol. The van der Waals surface area contributed by atoms with Gasteiger partial charge >= 0.3 is 11.4 Å². The SMILES string of the molecule is O=[N+]([O-])c1cc2c(cc1[N+](=O)[O-])OC1(CCCCCC1)O2. The van der Waals surface area contributed by atoms with Gasteiger partial charge in [-0.05, 0) is 12.8 Å². The maximum Gasteiger partial charge on any atom is 0.350 e. The molecule has 0 bridgehead atoms. The van der Waals surface area contributed by atoms with Crippen LogP contribution in [0.3, 0.4) is 0 Å². The van der Waals surface area contributed by atoms with Crippen LogP contribution in [0.2, 0.25) is 0 Å². The molecule has 0 aromatic heterocycles. The summed E-state index contributed by atoms with van der Waals surface area (Å²) in [6, 6.07) is 2.18. The number of rotatable bonds is 2. The Bertz CT molecular complexity index is 562. The van der Waals surface area contributed by atoms with E-state index in [1.54, 1.807) is 0 Å². The minimum atomic E-state index is -0.818. The van der Waals surface area contributed by atoms with Gasteiger partial charge in [-0.25, -0.2) is 0 Å². The van der Waals surface area contributed by atoms with Crippen molar-refractivity contribution in [3.8, 4) is 11.5 Å². The summed E-state index contributed by atoms with van der Waals surface area (Å²) in [6.45, 7) is 0. The predicted molar refractivity (Wildman–Crippen MR) is 71.4 cm³/mol. The lowest BCUT2D eigenvalue weighted by Gasteiger charge is -2.25. The number of nitro groups is 2. The molecule has 3 rings (SSSR count). The molecule has 8 heteroatoms. The van der Waals surface area contributed by atoms with Gasteiger partial charge in [-0.3, -0.25) is 20.2 Å². The lowest BCUT2D eigenvalue weighted by Crippen LogP contribution is -2.37. The second-order valence-corrected chi connectivity index (χ2v) is 5.33. The normalized spacial score (nSPS) is 19.2. The van der Waals surface area contributed by atoms with E-state index in [2.05, 4.69) is 0 Å². The van der Waals surface area contributed by atoms with E-state index in [1.165, 1.54) is 0 Å². The molecule has 2 aliphatic rings. The Morgan fingerprint density at radius 3 is 1.67 bits per heavy atom. The quantitative estimate of drug-likeness (QED) is 0.612. The summed E-state index contributed by atoms with van der Waals surface area (Å²) in [5, 5.41) is 21.9. The molecule has 1 aliphatic carbocycles. The van der Waals surface area contributed by atoms with E-state index in [0.29, 0.717) is 12.8 Å². The maximum absolute atomic E-state index is 11.0. The van der Waals surface area contributed by atoms with Crippen molar-refractivity contribution >= 4 is 11.4 Å². The lowest BCUT2D eigenvalue weighted by atomic mass is 10.1. The number of nitro benzene ring substituents is 2. The fourth-order valence-corrected chi connectivity index (χ4v) is 2.88. The Hall–Kier alpha value is -2.38. The Kier molecular flexibility index (Phi) is 3.15.